The predicted octanol–water partition coefficient (Wildman–Crippen LogP) is 1.08. The van der Waals surface area contributed by atoms with Gasteiger partial charge in [0, 0.05) is 26.2 Å². The topological polar surface area (TPSA) is 29.5 Å². The summed E-state index contributed by atoms with van der Waals surface area (Å²) in [5.41, 5.74) is 0. The van der Waals surface area contributed by atoms with Crippen molar-refractivity contribution in [1.82, 2.24) is 4.90 Å². The molecule has 76 valence electrons. The molecule has 0 radical (unpaired) electrons. The molecule has 0 bridgehead atoms. The van der Waals surface area contributed by atoms with Crippen LogP contribution >= 0.6 is 0 Å². The van der Waals surface area contributed by atoms with Gasteiger partial charge in [-0.1, -0.05) is 0 Å². The Morgan fingerprint density at radius 3 is 3.08 bits per heavy atom. The first-order valence-corrected chi connectivity index (χ1v) is 5.14. The number of rotatable bonds is 5. The van der Waals surface area contributed by atoms with Gasteiger partial charge in [0.05, 0.1) is 6.54 Å². The maximum absolute atomic E-state index is 11.1. The molecule has 1 aliphatic heterocycles. The van der Waals surface area contributed by atoms with Gasteiger partial charge in [0.1, 0.15) is 5.78 Å². The van der Waals surface area contributed by atoms with Crippen LogP contribution in [0.25, 0.3) is 0 Å². The van der Waals surface area contributed by atoms with Crippen LogP contribution in [0.5, 0.6) is 0 Å². The molecule has 0 unspecified atom stereocenters. The largest absolute Gasteiger partial charge is 0.382 e. The van der Waals surface area contributed by atoms with Crippen molar-refractivity contribution in [3.05, 3.63) is 0 Å². The molecule has 1 saturated heterocycles. The monoisotopic (exact) mass is 185 g/mol. The average molecular weight is 185 g/mol. The van der Waals surface area contributed by atoms with E-state index in [9.17, 15) is 4.79 Å². The first-order chi connectivity index (χ1) is 6.33. The lowest BCUT2D eigenvalue weighted by Crippen LogP contribution is -2.36. The van der Waals surface area contributed by atoms with Crippen LogP contribution in [0, 0.1) is 0 Å². The van der Waals surface area contributed by atoms with Crippen molar-refractivity contribution in [3.8, 4) is 0 Å². The number of carbonyl (C=O) groups excluding carboxylic acids is 1. The second-order valence-corrected chi connectivity index (χ2v) is 3.47. The molecular weight excluding hydrogens is 166 g/mol. The second kappa shape index (κ2) is 6.11. The smallest absolute Gasteiger partial charge is 0.146 e. The fourth-order valence-electron chi connectivity index (χ4n) is 1.63. The Labute approximate surface area is 80.1 Å². The zero-order chi connectivity index (χ0) is 9.52. The number of nitrogens with zero attached hydrogens (tertiary/aromatic N) is 1. The van der Waals surface area contributed by atoms with Crippen LogP contribution < -0.4 is 0 Å². The minimum Gasteiger partial charge on any atom is -0.382 e. The number of hydrogen-bond donors (Lipinski definition) is 0. The van der Waals surface area contributed by atoms with Crippen molar-refractivity contribution in [2.24, 2.45) is 0 Å². The van der Waals surface area contributed by atoms with Crippen LogP contribution in [0.15, 0.2) is 0 Å². The van der Waals surface area contributed by atoms with Crippen LogP contribution in [0.4, 0.5) is 0 Å². The fraction of sp³-hybridized carbons (Fsp3) is 0.900. The summed E-state index contributed by atoms with van der Waals surface area (Å²) < 4.78 is 5.24. The summed E-state index contributed by atoms with van der Waals surface area (Å²) >= 11 is 0. The van der Waals surface area contributed by atoms with Crippen molar-refractivity contribution in [1.29, 1.82) is 0 Å². The molecule has 0 aromatic heterocycles. The van der Waals surface area contributed by atoms with E-state index in [-0.39, 0.29) is 0 Å². The van der Waals surface area contributed by atoms with E-state index >= 15 is 0 Å². The minimum absolute atomic E-state index is 0.391. The quantitative estimate of drug-likeness (QED) is 0.600. The molecule has 0 aliphatic carbocycles. The van der Waals surface area contributed by atoms with Gasteiger partial charge in [-0.2, -0.15) is 0 Å². The van der Waals surface area contributed by atoms with Crippen LogP contribution in [-0.4, -0.2) is 43.5 Å². The van der Waals surface area contributed by atoms with E-state index in [1.165, 1.54) is 0 Å². The Morgan fingerprint density at radius 2 is 2.38 bits per heavy atom. The highest BCUT2D eigenvalue weighted by atomic mass is 16.5. The van der Waals surface area contributed by atoms with E-state index in [4.69, 9.17) is 4.74 Å². The molecule has 0 amide bonds. The molecule has 0 atom stereocenters. The standard InChI is InChI=1S/C10H19NO2/c1-2-13-8-4-7-11-6-3-5-10(12)9-11/h2-9H2,1H3. The molecule has 1 fully saturated rings. The number of ketones is 1. The highest BCUT2D eigenvalue weighted by molar-refractivity contribution is 5.81. The first-order valence-electron chi connectivity index (χ1n) is 5.14. The summed E-state index contributed by atoms with van der Waals surface area (Å²) in [6, 6.07) is 0. The normalized spacial score (nSPS) is 19.3. The van der Waals surface area contributed by atoms with Gasteiger partial charge in [-0.25, -0.2) is 0 Å². The number of Topliss-reactive ketones (excluding diaryl/α,β-unsaturated/α-hetero) is 1. The zero-order valence-corrected chi connectivity index (χ0v) is 8.42. The Morgan fingerprint density at radius 1 is 1.54 bits per heavy atom. The van der Waals surface area contributed by atoms with E-state index in [1.807, 2.05) is 6.92 Å². The van der Waals surface area contributed by atoms with Crippen molar-refractivity contribution in [2.75, 3.05) is 32.8 Å². The van der Waals surface area contributed by atoms with Gasteiger partial charge in [-0.3, -0.25) is 9.69 Å². The van der Waals surface area contributed by atoms with E-state index in [0.29, 0.717) is 12.3 Å². The van der Waals surface area contributed by atoms with Crippen molar-refractivity contribution >= 4 is 5.78 Å². The van der Waals surface area contributed by atoms with Crippen LogP contribution in [0.1, 0.15) is 26.2 Å². The van der Waals surface area contributed by atoms with Crippen LogP contribution in [0.3, 0.4) is 0 Å². The molecule has 1 heterocycles. The van der Waals surface area contributed by atoms with E-state index in [2.05, 4.69) is 4.90 Å². The summed E-state index contributed by atoms with van der Waals surface area (Å²) in [7, 11) is 0. The van der Waals surface area contributed by atoms with Gasteiger partial charge in [0.15, 0.2) is 0 Å². The van der Waals surface area contributed by atoms with Gasteiger partial charge in [0.25, 0.3) is 0 Å². The highest BCUT2D eigenvalue weighted by Gasteiger charge is 2.15. The third-order valence-corrected chi connectivity index (χ3v) is 2.30. The number of likely N-dealkylation sites (tertiary alicyclic amines) is 1. The van der Waals surface area contributed by atoms with E-state index in [0.717, 1.165) is 45.6 Å². The molecule has 0 N–H and O–H groups in total. The lowest BCUT2D eigenvalue weighted by atomic mass is 10.1. The first kappa shape index (κ1) is 10.7. The summed E-state index contributed by atoms with van der Waals surface area (Å²) in [5, 5.41) is 0. The lowest BCUT2D eigenvalue weighted by molar-refractivity contribution is -0.122. The van der Waals surface area contributed by atoms with Gasteiger partial charge in [-0.15, -0.1) is 0 Å². The second-order valence-electron chi connectivity index (χ2n) is 3.47. The number of carbonyl (C=O) groups is 1. The van der Waals surface area contributed by atoms with Gasteiger partial charge < -0.3 is 4.74 Å². The van der Waals surface area contributed by atoms with Crippen molar-refractivity contribution in [3.63, 3.8) is 0 Å². The third kappa shape index (κ3) is 4.39. The Hall–Kier alpha value is -0.410. The molecule has 13 heavy (non-hydrogen) atoms. The number of ether oxygens (including phenoxy) is 1. The van der Waals surface area contributed by atoms with Gasteiger partial charge in [0.2, 0.25) is 0 Å². The molecule has 3 heteroatoms. The minimum atomic E-state index is 0.391. The Balaban J connectivity index is 2.03. The molecule has 0 saturated carbocycles. The highest BCUT2D eigenvalue weighted by Crippen LogP contribution is 2.05. The average Bonchev–Trinajstić information content (AvgIpc) is 2.13. The Kier molecular flexibility index (Phi) is 5.01. The SMILES string of the molecule is CCOCCCN1CCCC(=O)C1. The molecular formula is C10H19NO2. The van der Waals surface area contributed by atoms with Crippen molar-refractivity contribution in [2.45, 2.75) is 26.2 Å². The third-order valence-electron chi connectivity index (χ3n) is 2.30. The van der Waals surface area contributed by atoms with Crippen LogP contribution in [-0.2, 0) is 9.53 Å². The molecule has 1 aliphatic rings. The van der Waals surface area contributed by atoms with E-state index in [1.54, 1.807) is 0 Å². The molecule has 1 rings (SSSR count). The zero-order valence-electron chi connectivity index (χ0n) is 8.42. The maximum Gasteiger partial charge on any atom is 0.146 e. The molecule has 0 spiro atoms. The predicted molar refractivity (Wildman–Crippen MR) is 51.8 cm³/mol. The van der Waals surface area contributed by atoms with Crippen LogP contribution in [0.2, 0.25) is 0 Å². The lowest BCUT2D eigenvalue weighted by Gasteiger charge is -2.25. The fourth-order valence-corrected chi connectivity index (χ4v) is 1.63. The molecule has 0 aromatic carbocycles. The maximum atomic E-state index is 11.1. The van der Waals surface area contributed by atoms with Crippen molar-refractivity contribution < 1.29 is 9.53 Å². The summed E-state index contributed by atoms with van der Waals surface area (Å²) in [5.74, 6) is 0.391. The summed E-state index contributed by atoms with van der Waals surface area (Å²) in [6.07, 6.45) is 2.86. The Bertz CT molecular complexity index is 159. The summed E-state index contributed by atoms with van der Waals surface area (Å²) in [6.45, 7) is 6.36. The van der Waals surface area contributed by atoms with Gasteiger partial charge >= 0.3 is 0 Å². The van der Waals surface area contributed by atoms with Gasteiger partial charge in [-0.05, 0) is 26.3 Å². The summed E-state index contributed by atoms with van der Waals surface area (Å²) in [4.78, 5) is 13.3. The number of hydrogen-bond acceptors (Lipinski definition) is 3. The molecule has 3 nitrogen and oxygen atoms in total. The number of piperidine rings is 1. The van der Waals surface area contributed by atoms with E-state index < -0.39 is 0 Å². The molecule has 0 aromatic rings.